The third kappa shape index (κ3) is 2.61. The highest BCUT2D eigenvalue weighted by Crippen LogP contribution is 1.98. The van der Waals surface area contributed by atoms with Gasteiger partial charge in [-0.1, -0.05) is 6.07 Å². The van der Waals surface area contributed by atoms with Gasteiger partial charge in [-0.3, -0.25) is 14.6 Å². The largest absolute Gasteiger partial charge is 0.369 e. The third-order valence-corrected chi connectivity index (χ3v) is 1.99. The van der Waals surface area contributed by atoms with Gasteiger partial charge in [0.2, 0.25) is 11.5 Å². The molecule has 0 saturated heterocycles. The Morgan fingerprint density at radius 3 is 2.61 bits per heavy atom. The maximum atomic E-state index is 11.0. The first-order chi connectivity index (χ1) is 8.66. The molecule has 3 rings (SSSR count). The summed E-state index contributed by atoms with van der Waals surface area (Å²) in [6.45, 7) is 0. The number of nitrogen functional groups attached to an aromatic ring is 1. The molecular weight excluding hydrogens is 236 g/mol. The van der Waals surface area contributed by atoms with Crippen molar-refractivity contribution in [2.45, 2.75) is 0 Å². The zero-order chi connectivity index (χ0) is 13.0. The van der Waals surface area contributed by atoms with Crippen LogP contribution in [0, 0.1) is 0 Å². The summed E-state index contributed by atoms with van der Waals surface area (Å²) >= 11 is 0. The summed E-state index contributed by atoms with van der Waals surface area (Å²) in [6, 6.07) is 4.93. The summed E-state index contributed by atoms with van der Waals surface area (Å²) in [7, 11) is 0. The lowest BCUT2D eigenvalue weighted by molar-refractivity contribution is 1.17. The van der Waals surface area contributed by atoms with Crippen molar-refractivity contribution < 1.29 is 0 Å². The van der Waals surface area contributed by atoms with Crippen molar-refractivity contribution in [1.29, 1.82) is 0 Å². The zero-order valence-electron chi connectivity index (χ0n) is 9.18. The van der Waals surface area contributed by atoms with Crippen molar-refractivity contribution >= 4 is 17.1 Å². The third-order valence-electron chi connectivity index (χ3n) is 1.99. The van der Waals surface area contributed by atoms with Crippen LogP contribution < -0.4 is 16.9 Å². The van der Waals surface area contributed by atoms with Crippen LogP contribution in [0.2, 0.25) is 0 Å². The number of pyridine rings is 1. The Kier molecular flexibility index (Phi) is 3.19. The Morgan fingerprint density at radius 2 is 2.00 bits per heavy atom. The van der Waals surface area contributed by atoms with Crippen LogP contribution in [0.5, 0.6) is 0 Å². The summed E-state index contributed by atoms with van der Waals surface area (Å²) in [5.41, 5.74) is 5.59. The number of imidazole rings is 1. The first kappa shape index (κ1) is 11.6. The van der Waals surface area contributed by atoms with E-state index < -0.39 is 0 Å². The Balaban J connectivity index is 0.000000149. The van der Waals surface area contributed by atoms with Gasteiger partial charge in [-0.2, -0.15) is 4.98 Å². The van der Waals surface area contributed by atoms with Gasteiger partial charge >= 0.3 is 0 Å². The average molecular weight is 246 g/mol. The van der Waals surface area contributed by atoms with E-state index in [2.05, 4.69) is 24.9 Å². The second-order valence-electron chi connectivity index (χ2n) is 3.28. The molecule has 0 atom stereocenters. The van der Waals surface area contributed by atoms with Gasteiger partial charge in [-0.15, -0.1) is 0 Å². The number of nitrogens with one attached hydrogen (secondary N) is 3. The normalized spacial score (nSPS) is 9.78. The Bertz CT molecular complexity index is 739. The lowest BCUT2D eigenvalue weighted by atomic mass is 10.5. The zero-order valence-corrected chi connectivity index (χ0v) is 9.18. The fraction of sp³-hybridized carbons (Fsp3) is 0. The molecule has 3 heterocycles. The van der Waals surface area contributed by atoms with E-state index in [-0.39, 0.29) is 17.1 Å². The van der Waals surface area contributed by atoms with Crippen LogP contribution in [0.1, 0.15) is 0 Å². The fourth-order valence-electron chi connectivity index (χ4n) is 1.24. The van der Waals surface area contributed by atoms with Crippen LogP contribution in [0.3, 0.4) is 0 Å². The summed E-state index contributed by atoms with van der Waals surface area (Å²) in [4.78, 5) is 36.2. The van der Waals surface area contributed by atoms with E-state index >= 15 is 0 Å². The molecule has 0 spiro atoms. The molecule has 0 aliphatic carbocycles. The first-order valence-electron chi connectivity index (χ1n) is 4.99. The van der Waals surface area contributed by atoms with E-state index in [0.717, 1.165) is 0 Å². The average Bonchev–Trinajstić information content (AvgIpc) is 2.79. The quantitative estimate of drug-likeness (QED) is 0.428. The number of aromatic amines is 3. The molecule has 0 amide bonds. The van der Waals surface area contributed by atoms with Gasteiger partial charge in [0.05, 0.1) is 6.33 Å². The molecule has 0 unspecified atom stereocenters. The Labute approximate surface area is 99.9 Å². The van der Waals surface area contributed by atoms with Gasteiger partial charge in [0.1, 0.15) is 0 Å². The molecule has 8 nitrogen and oxygen atoms in total. The van der Waals surface area contributed by atoms with Crippen molar-refractivity contribution in [3.63, 3.8) is 0 Å². The van der Waals surface area contributed by atoms with Gasteiger partial charge in [-0.05, 0) is 6.07 Å². The number of rotatable bonds is 0. The van der Waals surface area contributed by atoms with E-state index in [1.807, 2.05) is 0 Å². The highest BCUT2D eigenvalue weighted by molar-refractivity contribution is 5.69. The van der Waals surface area contributed by atoms with Gasteiger partial charge in [0.25, 0.3) is 5.56 Å². The van der Waals surface area contributed by atoms with Crippen molar-refractivity contribution in [3.05, 3.63) is 51.4 Å². The molecule has 18 heavy (non-hydrogen) atoms. The smallest absolute Gasteiger partial charge is 0.278 e. The Morgan fingerprint density at radius 1 is 1.17 bits per heavy atom. The van der Waals surface area contributed by atoms with E-state index in [4.69, 9.17) is 5.73 Å². The molecule has 0 aliphatic heterocycles. The standard InChI is InChI=1S/C5H5N5O.C5H5NO/c6-5-9-3-2(4(11)10-5)7-1-8-3;7-5-3-1-2-4-6-5/h1H,(H4,6,7,8,9,10,11);1-4H,(H,6,7). The van der Waals surface area contributed by atoms with Gasteiger partial charge in [0.15, 0.2) is 11.2 Å². The van der Waals surface area contributed by atoms with Crippen molar-refractivity contribution in [2.75, 3.05) is 5.73 Å². The van der Waals surface area contributed by atoms with E-state index in [9.17, 15) is 9.59 Å². The number of hydrogen-bond donors (Lipinski definition) is 4. The Hall–Kier alpha value is -2.90. The number of hydrogen-bond acceptors (Lipinski definition) is 5. The molecule has 92 valence electrons. The second-order valence-corrected chi connectivity index (χ2v) is 3.28. The van der Waals surface area contributed by atoms with Gasteiger partial charge < -0.3 is 15.7 Å². The highest BCUT2D eigenvalue weighted by Gasteiger charge is 2.01. The molecule has 3 aromatic heterocycles. The number of H-pyrrole nitrogens is 3. The molecule has 0 bridgehead atoms. The van der Waals surface area contributed by atoms with Crippen molar-refractivity contribution in [1.82, 2.24) is 24.9 Å². The minimum atomic E-state index is -0.301. The molecular formula is C10H10N6O2. The van der Waals surface area contributed by atoms with E-state index in [1.165, 1.54) is 12.4 Å². The maximum absolute atomic E-state index is 11.0. The van der Waals surface area contributed by atoms with Crippen LogP contribution in [0.4, 0.5) is 5.95 Å². The summed E-state index contributed by atoms with van der Waals surface area (Å²) in [6.07, 6.45) is 2.99. The molecule has 0 saturated carbocycles. The monoisotopic (exact) mass is 246 g/mol. The van der Waals surface area contributed by atoms with Crippen LogP contribution in [0.15, 0.2) is 40.3 Å². The van der Waals surface area contributed by atoms with Gasteiger partial charge in [0, 0.05) is 12.3 Å². The minimum absolute atomic E-state index is 0.0532. The number of aromatic nitrogens is 5. The number of fused-ring (bicyclic) bond motifs is 1. The molecule has 0 fully saturated rings. The van der Waals surface area contributed by atoms with Crippen molar-refractivity contribution in [2.24, 2.45) is 0 Å². The molecule has 8 heteroatoms. The number of nitrogens with two attached hydrogens (primary N) is 1. The molecule has 5 N–H and O–H groups in total. The lowest BCUT2D eigenvalue weighted by Gasteiger charge is -1.89. The molecule has 0 aromatic carbocycles. The predicted octanol–water partition coefficient (Wildman–Crippen LogP) is -0.397. The van der Waals surface area contributed by atoms with Crippen LogP contribution in [0.25, 0.3) is 11.2 Å². The van der Waals surface area contributed by atoms with E-state index in [0.29, 0.717) is 11.2 Å². The van der Waals surface area contributed by atoms with Crippen LogP contribution in [-0.4, -0.2) is 24.9 Å². The SMILES string of the molecule is Nc1nc2nc[nH]c2c(=O)[nH]1.O=c1cccc[nH]1. The van der Waals surface area contributed by atoms with E-state index in [1.54, 1.807) is 18.3 Å². The molecule has 0 radical (unpaired) electrons. The van der Waals surface area contributed by atoms with Gasteiger partial charge in [-0.25, -0.2) is 4.98 Å². The predicted molar refractivity (Wildman–Crippen MR) is 66.0 cm³/mol. The molecule has 3 aromatic rings. The highest BCUT2D eigenvalue weighted by atomic mass is 16.1. The lowest BCUT2D eigenvalue weighted by Crippen LogP contribution is -2.10. The van der Waals surface area contributed by atoms with Crippen molar-refractivity contribution in [3.8, 4) is 0 Å². The second kappa shape index (κ2) is 4.95. The number of nitrogens with zero attached hydrogens (tertiary/aromatic N) is 2. The minimum Gasteiger partial charge on any atom is -0.369 e. The van der Waals surface area contributed by atoms with Crippen LogP contribution >= 0.6 is 0 Å². The van der Waals surface area contributed by atoms with Crippen LogP contribution in [-0.2, 0) is 0 Å². The summed E-state index contributed by atoms with van der Waals surface area (Å²) in [5, 5.41) is 0. The summed E-state index contributed by atoms with van der Waals surface area (Å²) < 4.78 is 0. The maximum Gasteiger partial charge on any atom is 0.278 e. The number of anilines is 1. The molecule has 0 aliphatic rings. The fourth-order valence-corrected chi connectivity index (χ4v) is 1.24. The topological polar surface area (TPSA) is 133 Å². The first-order valence-corrected chi connectivity index (χ1v) is 4.99. The summed E-state index contributed by atoms with van der Waals surface area (Å²) in [5.74, 6) is 0.0783.